The normalized spacial score (nSPS) is 33.6. The second-order valence-electron chi connectivity index (χ2n) is 14.2. The monoisotopic (exact) mass is 561 g/mol. The van der Waals surface area contributed by atoms with Crippen molar-refractivity contribution in [3.8, 4) is 5.75 Å². The first-order valence-corrected chi connectivity index (χ1v) is 17.1. The molecule has 1 aromatic carbocycles. The molecule has 41 heavy (non-hydrogen) atoms. The maximum atomic E-state index is 13.5. The number of hydrogen-bond acceptors (Lipinski definition) is 5. The van der Waals surface area contributed by atoms with Crippen LogP contribution in [0.1, 0.15) is 109 Å². The lowest BCUT2D eigenvalue weighted by Gasteiger charge is -2.52. The molecule has 0 radical (unpaired) electrons. The van der Waals surface area contributed by atoms with Crippen molar-refractivity contribution >= 4 is 5.78 Å². The van der Waals surface area contributed by atoms with Crippen LogP contribution in [0, 0.1) is 23.2 Å². The topological polar surface area (TPSA) is 56.8 Å². The van der Waals surface area contributed by atoms with Gasteiger partial charge in [-0.15, -0.1) is 0 Å². The quantitative estimate of drug-likeness (QED) is 0.320. The van der Waals surface area contributed by atoms with Gasteiger partial charge in [0, 0.05) is 36.8 Å². The predicted octanol–water partition coefficient (Wildman–Crippen LogP) is 7.32. The fourth-order valence-corrected chi connectivity index (χ4v) is 10.1. The highest BCUT2D eigenvalue weighted by atomic mass is 16.7. The Balaban J connectivity index is 0.983. The molecule has 5 aliphatic carbocycles. The van der Waals surface area contributed by atoms with Gasteiger partial charge in [-0.05, 0) is 106 Å². The van der Waals surface area contributed by atoms with Gasteiger partial charge >= 0.3 is 0 Å². The van der Waals surface area contributed by atoms with Crippen molar-refractivity contribution in [2.75, 3.05) is 19.8 Å². The summed E-state index contributed by atoms with van der Waals surface area (Å²) in [6.45, 7) is 4.42. The van der Waals surface area contributed by atoms with Gasteiger partial charge in [0.05, 0.1) is 19.8 Å². The second-order valence-corrected chi connectivity index (χ2v) is 14.2. The second kappa shape index (κ2) is 11.8. The Morgan fingerprint density at radius 1 is 1.02 bits per heavy atom. The molecule has 3 saturated carbocycles. The van der Waals surface area contributed by atoms with Crippen LogP contribution in [0.15, 0.2) is 35.4 Å². The molecule has 5 atom stereocenters. The van der Waals surface area contributed by atoms with E-state index in [2.05, 4.69) is 36.5 Å². The highest BCUT2D eigenvalue weighted by molar-refractivity contribution is 5.87. The minimum Gasteiger partial charge on any atom is -0.494 e. The van der Waals surface area contributed by atoms with Crippen molar-refractivity contribution in [3.05, 3.63) is 41.0 Å². The Hall–Kier alpha value is -1.69. The zero-order valence-corrected chi connectivity index (χ0v) is 25.3. The van der Waals surface area contributed by atoms with E-state index < -0.39 is 0 Å². The molecule has 1 aromatic rings. The third-order valence-corrected chi connectivity index (χ3v) is 12.2. The molecular weight excluding hydrogens is 510 g/mol. The number of ketones is 1. The number of benzene rings is 1. The Morgan fingerprint density at radius 3 is 2.71 bits per heavy atom. The van der Waals surface area contributed by atoms with Crippen molar-refractivity contribution < 1.29 is 19.0 Å². The summed E-state index contributed by atoms with van der Waals surface area (Å²) in [6, 6.07) is 9.95. The van der Waals surface area contributed by atoms with Crippen molar-refractivity contribution in [1.82, 2.24) is 5.32 Å². The number of carbonyl (C=O) groups excluding carboxylic acids is 1. The Morgan fingerprint density at radius 2 is 1.88 bits per heavy atom. The van der Waals surface area contributed by atoms with Gasteiger partial charge in [-0.25, -0.2) is 0 Å². The number of nitrogens with one attached hydrogen (secondary N) is 1. The lowest BCUT2D eigenvalue weighted by atomic mass is 9.53. The van der Waals surface area contributed by atoms with Gasteiger partial charge in [0.25, 0.3) is 0 Å². The van der Waals surface area contributed by atoms with Crippen molar-refractivity contribution in [1.29, 1.82) is 0 Å². The molecule has 0 bridgehead atoms. The molecule has 0 aromatic heterocycles. The highest BCUT2D eigenvalue weighted by Gasteiger charge is 2.58. The molecule has 5 heteroatoms. The Labute approximate surface area is 247 Å². The third kappa shape index (κ3) is 5.45. The van der Waals surface area contributed by atoms with Crippen molar-refractivity contribution in [2.24, 2.45) is 23.2 Å². The molecule has 4 unspecified atom stereocenters. The zero-order valence-electron chi connectivity index (χ0n) is 25.3. The predicted molar refractivity (Wildman–Crippen MR) is 161 cm³/mol. The number of fused-ring (bicyclic) bond motifs is 4. The molecule has 1 saturated heterocycles. The van der Waals surface area contributed by atoms with Gasteiger partial charge in [-0.3, -0.25) is 4.79 Å². The molecule has 224 valence electrons. The maximum Gasteiger partial charge on any atom is 0.172 e. The summed E-state index contributed by atoms with van der Waals surface area (Å²) < 4.78 is 18.6. The van der Waals surface area contributed by atoms with E-state index >= 15 is 0 Å². The minimum atomic E-state index is -0.327. The van der Waals surface area contributed by atoms with Crippen LogP contribution in [0.2, 0.25) is 0 Å². The van der Waals surface area contributed by atoms with E-state index in [1.807, 2.05) is 0 Å². The van der Waals surface area contributed by atoms with Gasteiger partial charge in [-0.1, -0.05) is 43.0 Å². The number of hydrogen-bond donors (Lipinski definition) is 1. The van der Waals surface area contributed by atoms with Gasteiger partial charge in [0.1, 0.15) is 11.5 Å². The van der Waals surface area contributed by atoms with E-state index in [1.54, 1.807) is 11.1 Å². The molecule has 1 aliphatic heterocycles. The number of carbonyl (C=O) groups is 1. The molecule has 7 rings (SSSR count). The third-order valence-electron chi connectivity index (χ3n) is 12.2. The first-order valence-electron chi connectivity index (χ1n) is 17.1. The van der Waals surface area contributed by atoms with Crippen LogP contribution in [0.3, 0.4) is 0 Å². The lowest BCUT2D eigenvalue weighted by molar-refractivity contribution is -0.166. The summed E-state index contributed by atoms with van der Waals surface area (Å²) in [5, 5.41) is 3.91. The highest BCUT2D eigenvalue weighted by Crippen LogP contribution is 2.62. The summed E-state index contributed by atoms with van der Waals surface area (Å²) in [5.41, 5.74) is 4.54. The Kier molecular flexibility index (Phi) is 8.07. The van der Waals surface area contributed by atoms with E-state index in [0.29, 0.717) is 42.2 Å². The van der Waals surface area contributed by atoms with E-state index in [-0.39, 0.29) is 11.2 Å². The number of rotatable bonds is 9. The fourth-order valence-electron chi connectivity index (χ4n) is 10.1. The fraction of sp³-hybridized carbons (Fsp3) is 0.750. The van der Waals surface area contributed by atoms with Crippen molar-refractivity contribution in [3.63, 3.8) is 0 Å². The molecule has 5 nitrogen and oxygen atoms in total. The van der Waals surface area contributed by atoms with E-state index in [0.717, 1.165) is 76.8 Å². The average Bonchev–Trinajstić information content (AvgIpc) is 3.74. The average molecular weight is 562 g/mol. The van der Waals surface area contributed by atoms with Gasteiger partial charge in [0.2, 0.25) is 0 Å². The van der Waals surface area contributed by atoms with E-state index in [4.69, 9.17) is 14.2 Å². The lowest BCUT2D eigenvalue weighted by Crippen LogP contribution is -2.47. The maximum absolute atomic E-state index is 13.5. The molecule has 1 N–H and O–H groups in total. The standard InChI is InChI=1S/C36H51NO4/c1-2-27(37-28-7-3-4-8-28)22-25-6-5-9-29(23-25)39-19-18-35-16-14-31-30-15-17-36(40-20-21-41-36)24-26(30)10-11-32(31)33(35)12-13-34(35)38/h5-6,9,23,27-28,31-33,37H,2-4,7-8,10-22,24H2,1H3/t27?,31?,32?,33?,35-/m1/s1. The summed E-state index contributed by atoms with van der Waals surface area (Å²) in [6.07, 6.45) is 18.0. The summed E-state index contributed by atoms with van der Waals surface area (Å²) >= 11 is 0. The van der Waals surface area contributed by atoms with Crippen molar-refractivity contribution in [2.45, 2.75) is 128 Å². The van der Waals surface area contributed by atoms with Crippen LogP contribution in [-0.2, 0) is 20.7 Å². The summed E-state index contributed by atoms with van der Waals surface area (Å²) in [5.74, 6) is 3.02. The first-order chi connectivity index (χ1) is 20.1. The molecular formula is C36H51NO4. The van der Waals surface area contributed by atoms with Gasteiger partial charge in [0.15, 0.2) is 5.79 Å². The molecule has 1 spiro atoms. The summed E-state index contributed by atoms with van der Waals surface area (Å²) in [7, 11) is 0. The van der Waals surface area contributed by atoms with Crippen LogP contribution >= 0.6 is 0 Å². The number of allylic oxidation sites excluding steroid dienone is 1. The van der Waals surface area contributed by atoms with E-state index in [1.165, 1.54) is 50.5 Å². The molecule has 0 amide bonds. The SMILES string of the molecule is CCC(Cc1cccc(OCC[C@]23CCC4C5=C(CCC4C2CCC3=O)CC2(CC5)OCCO2)c1)NC1CCCC1. The zero-order chi connectivity index (χ0) is 27.9. The summed E-state index contributed by atoms with van der Waals surface area (Å²) in [4.78, 5) is 13.5. The smallest absolute Gasteiger partial charge is 0.172 e. The molecule has 1 heterocycles. The van der Waals surface area contributed by atoms with Crippen LogP contribution in [0.4, 0.5) is 0 Å². The van der Waals surface area contributed by atoms with Gasteiger partial charge < -0.3 is 19.5 Å². The molecule has 6 aliphatic rings. The van der Waals surface area contributed by atoms with Crippen LogP contribution in [0.5, 0.6) is 5.75 Å². The van der Waals surface area contributed by atoms with Crippen LogP contribution in [0.25, 0.3) is 0 Å². The number of Topliss-reactive ketones (excluding diaryl/α,β-unsaturated/α-hetero) is 1. The van der Waals surface area contributed by atoms with E-state index in [9.17, 15) is 4.79 Å². The van der Waals surface area contributed by atoms with Crippen LogP contribution < -0.4 is 10.1 Å². The van der Waals surface area contributed by atoms with Crippen LogP contribution in [-0.4, -0.2) is 43.5 Å². The minimum absolute atomic E-state index is 0.164. The first kappa shape index (κ1) is 28.1. The Bertz CT molecular complexity index is 1130. The number of ether oxygens (including phenoxy) is 3. The largest absolute Gasteiger partial charge is 0.494 e. The molecule has 4 fully saturated rings. The van der Waals surface area contributed by atoms with Gasteiger partial charge in [-0.2, -0.15) is 0 Å².